The van der Waals surface area contributed by atoms with E-state index in [4.69, 9.17) is 4.74 Å². The van der Waals surface area contributed by atoms with Crippen LogP contribution in [0.15, 0.2) is 54.9 Å². The Balaban J connectivity index is 1.82. The van der Waals surface area contributed by atoms with Gasteiger partial charge in [0.25, 0.3) is 0 Å². The number of nitrogens with zero attached hydrogens (tertiary/aromatic N) is 1. The molecule has 0 aliphatic carbocycles. The van der Waals surface area contributed by atoms with Gasteiger partial charge in [-0.15, -0.1) is 0 Å². The van der Waals surface area contributed by atoms with E-state index in [1.165, 1.54) is 5.56 Å². The summed E-state index contributed by atoms with van der Waals surface area (Å²) in [6.45, 7) is 4.23. The number of pyridine rings is 1. The third kappa shape index (κ3) is 4.15. The Bertz CT molecular complexity index is 564. The van der Waals surface area contributed by atoms with Crippen LogP contribution in [0.25, 0.3) is 0 Å². The van der Waals surface area contributed by atoms with E-state index in [2.05, 4.69) is 4.98 Å². The number of esters is 1. The molecule has 0 radical (unpaired) electrons. The topological polar surface area (TPSA) is 39.2 Å². The molecule has 1 aromatic carbocycles. The molecular weight excluding hydrogens is 262 g/mol. The Kier molecular flexibility index (Phi) is 5.09. The van der Waals surface area contributed by atoms with Gasteiger partial charge in [0.1, 0.15) is 0 Å². The predicted octanol–water partition coefficient (Wildman–Crippen LogP) is 3.54. The summed E-state index contributed by atoms with van der Waals surface area (Å²) in [7, 11) is 0. The molecule has 2 rings (SSSR count). The molecule has 3 heteroatoms. The van der Waals surface area contributed by atoms with Crippen molar-refractivity contribution in [3.05, 3.63) is 66.0 Å². The zero-order valence-corrected chi connectivity index (χ0v) is 12.6. The van der Waals surface area contributed by atoms with Crippen LogP contribution in [0.3, 0.4) is 0 Å². The molecule has 0 saturated heterocycles. The van der Waals surface area contributed by atoms with E-state index < -0.39 is 5.41 Å². The number of benzene rings is 1. The van der Waals surface area contributed by atoms with E-state index >= 15 is 0 Å². The summed E-state index contributed by atoms with van der Waals surface area (Å²) >= 11 is 0. The minimum Gasteiger partial charge on any atom is -0.465 e. The van der Waals surface area contributed by atoms with Gasteiger partial charge in [-0.05, 0) is 49.9 Å². The number of ether oxygens (including phenoxy) is 1. The summed E-state index contributed by atoms with van der Waals surface area (Å²) in [5, 5.41) is 0. The largest absolute Gasteiger partial charge is 0.465 e. The minimum absolute atomic E-state index is 0.177. The molecule has 0 spiro atoms. The Labute approximate surface area is 126 Å². The fourth-order valence-corrected chi connectivity index (χ4v) is 2.14. The van der Waals surface area contributed by atoms with Gasteiger partial charge in [-0.25, -0.2) is 0 Å². The van der Waals surface area contributed by atoms with E-state index in [1.807, 2.05) is 56.3 Å². The average molecular weight is 283 g/mol. The summed E-state index contributed by atoms with van der Waals surface area (Å²) in [5.74, 6) is -0.177. The van der Waals surface area contributed by atoms with Crippen LogP contribution in [-0.2, 0) is 21.4 Å². The highest BCUT2D eigenvalue weighted by atomic mass is 16.5. The van der Waals surface area contributed by atoms with E-state index in [1.54, 1.807) is 12.4 Å². The first-order valence-electron chi connectivity index (χ1n) is 7.22. The molecule has 1 aromatic heterocycles. The van der Waals surface area contributed by atoms with Gasteiger partial charge in [0.05, 0.1) is 12.0 Å². The summed E-state index contributed by atoms with van der Waals surface area (Å²) in [5.41, 5.74) is 1.57. The Morgan fingerprint density at radius 3 is 2.43 bits per heavy atom. The summed E-state index contributed by atoms with van der Waals surface area (Å²) in [6, 6.07) is 13.7. The van der Waals surface area contributed by atoms with Crippen LogP contribution in [-0.4, -0.2) is 17.6 Å². The Morgan fingerprint density at radius 2 is 1.76 bits per heavy atom. The van der Waals surface area contributed by atoms with Gasteiger partial charge in [0, 0.05) is 12.4 Å². The van der Waals surface area contributed by atoms with Gasteiger partial charge in [-0.1, -0.05) is 30.3 Å². The molecular formula is C18H21NO2. The van der Waals surface area contributed by atoms with E-state index in [0.29, 0.717) is 6.61 Å². The molecule has 0 amide bonds. The van der Waals surface area contributed by atoms with Crippen molar-refractivity contribution in [3.63, 3.8) is 0 Å². The van der Waals surface area contributed by atoms with Crippen LogP contribution in [0.2, 0.25) is 0 Å². The van der Waals surface area contributed by atoms with Gasteiger partial charge in [-0.2, -0.15) is 0 Å². The number of aryl methyl sites for hydroxylation is 1. The van der Waals surface area contributed by atoms with Gasteiger partial charge in [0.2, 0.25) is 0 Å². The summed E-state index contributed by atoms with van der Waals surface area (Å²) < 4.78 is 5.43. The fraction of sp³-hybridized carbons (Fsp3) is 0.333. The van der Waals surface area contributed by atoms with E-state index in [9.17, 15) is 4.79 Å². The smallest absolute Gasteiger partial charge is 0.315 e. The van der Waals surface area contributed by atoms with Crippen molar-refractivity contribution in [1.29, 1.82) is 0 Å². The molecule has 1 heterocycles. The molecule has 0 fully saturated rings. The maximum atomic E-state index is 12.2. The lowest BCUT2D eigenvalue weighted by Gasteiger charge is -2.23. The minimum atomic E-state index is -0.613. The van der Waals surface area contributed by atoms with Crippen LogP contribution in [0.4, 0.5) is 0 Å². The fourth-order valence-electron chi connectivity index (χ4n) is 2.14. The molecule has 0 unspecified atom stereocenters. The second-order valence-corrected chi connectivity index (χ2v) is 5.59. The number of carbonyl (C=O) groups is 1. The highest BCUT2D eigenvalue weighted by molar-refractivity contribution is 5.82. The van der Waals surface area contributed by atoms with Crippen LogP contribution in [0.5, 0.6) is 0 Å². The Hall–Kier alpha value is -2.16. The molecule has 3 nitrogen and oxygen atoms in total. The van der Waals surface area contributed by atoms with Crippen LogP contribution >= 0.6 is 0 Å². The quantitative estimate of drug-likeness (QED) is 0.601. The molecule has 0 bridgehead atoms. The third-order valence-electron chi connectivity index (χ3n) is 3.60. The van der Waals surface area contributed by atoms with Crippen molar-refractivity contribution in [2.45, 2.75) is 32.1 Å². The first-order chi connectivity index (χ1) is 10.1. The molecule has 0 atom stereocenters. The highest BCUT2D eigenvalue weighted by Crippen LogP contribution is 2.24. The number of aromatic nitrogens is 1. The van der Waals surface area contributed by atoms with Crippen molar-refractivity contribution >= 4 is 5.97 Å². The van der Waals surface area contributed by atoms with Gasteiger partial charge in [-0.3, -0.25) is 9.78 Å². The first-order valence-corrected chi connectivity index (χ1v) is 7.22. The highest BCUT2D eigenvalue weighted by Gasteiger charge is 2.31. The van der Waals surface area contributed by atoms with E-state index in [0.717, 1.165) is 18.4 Å². The lowest BCUT2D eigenvalue weighted by molar-refractivity contribution is -0.149. The number of hydrogen-bond acceptors (Lipinski definition) is 3. The third-order valence-corrected chi connectivity index (χ3v) is 3.60. The number of carbonyl (C=O) groups excluding carboxylic acids is 1. The molecule has 0 N–H and O–H groups in total. The zero-order valence-electron chi connectivity index (χ0n) is 12.6. The van der Waals surface area contributed by atoms with E-state index in [-0.39, 0.29) is 5.97 Å². The molecule has 0 aliphatic heterocycles. The van der Waals surface area contributed by atoms with Crippen molar-refractivity contribution < 1.29 is 9.53 Å². The van der Waals surface area contributed by atoms with Crippen LogP contribution in [0, 0.1) is 0 Å². The van der Waals surface area contributed by atoms with Crippen molar-refractivity contribution in [3.8, 4) is 0 Å². The second-order valence-electron chi connectivity index (χ2n) is 5.59. The molecule has 0 aliphatic rings. The van der Waals surface area contributed by atoms with Gasteiger partial charge < -0.3 is 4.74 Å². The normalized spacial score (nSPS) is 11.1. The predicted molar refractivity (Wildman–Crippen MR) is 83.0 cm³/mol. The van der Waals surface area contributed by atoms with Crippen molar-refractivity contribution in [2.24, 2.45) is 0 Å². The van der Waals surface area contributed by atoms with Crippen LogP contribution in [0.1, 0.15) is 31.4 Å². The molecule has 2 aromatic rings. The lowest BCUT2D eigenvalue weighted by atomic mass is 9.85. The number of rotatable bonds is 6. The van der Waals surface area contributed by atoms with Gasteiger partial charge >= 0.3 is 5.97 Å². The van der Waals surface area contributed by atoms with Crippen molar-refractivity contribution in [2.75, 3.05) is 6.61 Å². The molecule has 110 valence electrons. The Morgan fingerprint density at radius 1 is 1.10 bits per heavy atom. The molecule has 0 saturated carbocycles. The van der Waals surface area contributed by atoms with Crippen molar-refractivity contribution in [1.82, 2.24) is 4.98 Å². The zero-order chi connectivity index (χ0) is 15.1. The monoisotopic (exact) mass is 283 g/mol. The SMILES string of the molecule is CC(C)(C(=O)OCCCc1ccncc1)c1ccccc1. The lowest BCUT2D eigenvalue weighted by Crippen LogP contribution is -2.31. The maximum absolute atomic E-state index is 12.2. The van der Waals surface area contributed by atoms with Gasteiger partial charge in [0.15, 0.2) is 0 Å². The average Bonchev–Trinajstić information content (AvgIpc) is 2.53. The first kappa shape index (κ1) is 15.2. The summed E-state index contributed by atoms with van der Waals surface area (Å²) in [6.07, 6.45) is 5.27. The second kappa shape index (κ2) is 7.02. The standard InChI is InChI=1S/C18H21NO2/c1-18(2,16-8-4-3-5-9-16)17(20)21-14-6-7-15-10-12-19-13-11-15/h3-5,8-13H,6-7,14H2,1-2H3. The maximum Gasteiger partial charge on any atom is 0.315 e. The molecule has 21 heavy (non-hydrogen) atoms. The van der Waals surface area contributed by atoms with Crippen LogP contribution < -0.4 is 0 Å². The summed E-state index contributed by atoms with van der Waals surface area (Å²) in [4.78, 5) is 16.2. The number of hydrogen-bond donors (Lipinski definition) is 0.